The van der Waals surface area contributed by atoms with Crippen molar-refractivity contribution in [2.45, 2.75) is 6.92 Å². The van der Waals surface area contributed by atoms with Crippen LogP contribution in [-0.2, 0) is 0 Å². The molecule has 0 saturated heterocycles. The molecule has 98 valence electrons. The number of nitrogens with one attached hydrogen (secondary N) is 1. The first-order valence-electron chi connectivity index (χ1n) is 5.49. The maximum Gasteiger partial charge on any atom is 0.256 e. The van der Waals surface area contributed by atoms with Gasteiger partial charge in [0.25, 0.3) is 5.91 Å². The Balaban J connectivity index is 2.20. The van der Waals surface area contributed by atoms with Crippen LogP contribution in [0, 0.1) is 10.5 Å². The number of aromatic hydroxyl groups is 1. The van der Waals surface area contributed by atoms with E-state index in [1.807, 2.05) is 29.5 Å². The summed E-state index contributed by atoms with van der Waals surface area (Å²) in [6, 6.07) is 6.43. The van der Waals surface area contributed by atoms with Gasteiger partial charge in [0, 0.05) is 5.56 Å². The molecule has 19 heavy (non-hydrogen) atoms. The molecular formula is C13H12IN3O2. The summed E-state index contributed by atoms with van der Waals surface area (Å²) >= 11 is 1.99. The second-order valence-corrected chi connectivity index (χ2v) is 5.21. The lowest BCUT2D eigenvalue weighted by atomic mass is 10.2. The van der Waals surface area contributed by atoms with Crippen molar-refractivity contribution in [2.75, 3.05) is 11.1 Å². The summed E-state index contributed by atoms with van der Waals surface area (Å²) in [6.45, 7) is 1.84. The zero-order valence-electron chi connectivity index (χ0n) is 10.1. The lowest BCUT2D eigenvalue weighted by Crippen LogP contribution is -2.13. The van der Waals surface area contributed by atoms with Gasteiger partial charge in [-0.2, -0.15) is 0 Å². The molecule has 0 aliphatic carbocycles. The van der Waals surface area contributed by atoms with Crippen LogP contribution in [0.15, 0.2) is 30.5 Å². The molecule has 0 atom stereocenters. The second-order valence-electron chi connectivity index (χ2n) is 4.05. The predicted octanol–water partition coefficient (Wildman–Crippen LogP) is 2.53. The molecule has 1 aromatic carbocycles. The molecule has 5 nitrogen and oxygen atoms in total. The monoisotopic (exact) mass is 369 g/mol. The van der Waals surface area contributed by atoms with Gasteiger partial charge in [0.15, 0.2) is 0 Å². The van der Waals surface area contributed by atoms with Crippen LogP contribution in [0.4, 0.5) is 11.5 Å². The Morgan fingerprint density at radius 1 is 1.42 bits per heavy atom. The topological polar surface area (TPSA) is 88.2 Å². The van der Waals surface area contributed by atoms with Crippen LogP contribution in [-0.4, -0.2) is 16.0 Å². The summed E-state index contributed by atoms with van der Waals surface area (Å²) in [7, 11) is 0. The maximum absolute atomic E-state index is 12.0. The number of nitrogens with two attached hydrogens (primary N) is 1. The van der Waals surface area contributed by atoms with Gasteiger partial charge in [-0.05, 0) is 59.3 Å². The first-order valence-corrected chi connectivity index (χ1v) is 6.57. The van der Waals surface area contributed by atoms with Crippen molar-refractivity contribution in [3.05, 3.63) is 45.2 Å². The molecule has 2 aromatic rings. The van der Waals surface area contributed by atoms with Gasteiger partial charge in [-0.3, -0.25) is 4.79 Å². The van der Waals surface area contributed by atoms with Crippen molar-refractivity contribution in [2.24, 2.45) is 0 Å². The van der Waals surface area contributed by atoms with E-state index in [2.05, 4.69) is 10.3 Å². The van der Waals surface area contributed by atoms with Crippen molar-refractivity contribution in [1.29, 1.82) is 0 Å². The van der Waals surface area contributed by atoms with E-state index in [1.54, 1.807) is 18.2 Å². The summed E-state index contributed by atoms with van der Waals surface area (Å²) in [4.78, 5) is 16.0. The largest absolute Gasteiger partial charge is 0.507 e. The van der Waals surface area contributed by atoms with Crippen molar-refractivity contribution >= 4 is 40.0 Å². The second kappa shape index (κ2) is 5.43. The number of halogens is 1. The fourth-order valence-corrected chi connectivity index (χ4v) is 1.81. The van der Waals surface area contributed by atoms with E-state index in [0.717, 1.165) is 5.56 Å². The molecule has 1 aromatic heterocycles. The normalized spacial score (nSPS) is 10.2. The van der Waals surface area contributed by atoms with Gasteiger partial charge >= 0.3 is 0 Å². The Labute approximate surface area is 124 Å². The number of nitrogen functional groups attached to an aromatic ring is 1. The van der Waals surface area contributed by atoms with Gasteiger partial charge in [-0.25, -0.2) is 4.98 Å². The number of phenols is 1. The summed E-state index contributed by atoms with van der Waals surface area (Å²) in [5, 5.41) is 12.2. The lowest BCUT2D eigenvalue weighted by Gasteiger charge is -2.07. The summed E-state index contributed by atoms with van der Waals surface area (Å²) in [5.41, 5.74) is 7.44. The van der Waals surface area contributed by atoms with E-state index in [1.165, 1.54) is 12.3 Å². The number of aryl methyl sites for hydroxylation is 1. The molecule has 4 N–H and O–H groups in total. The first-order chi connectivity index (χ1) is 8.97. The van der Waals surface area contributed by atoms with Gasteiger partial charge in [0.1, 0.15) is 11.6 Å². The number of amides is 1. The minimum Gasteiger partial charge on any atom is -0.507 e. The number of benzene rings is 1. The van der Waals surface area contributed by atoms with Crippen molar-refractivity contribution in [3.63, 3.8) is 0 Å². The molecule has 0 bridgehead atoms. The first kappa shape index (κ1) is 13.6. The van der Waals surface area contributed by atoms with E-state index in [4.69, 9.17) is 5.73 Å². The Morgan fingerprint density at radius 2 is 2.16 bits per heavy atom. The maximum atomic E-state index is 12.0. The SMILES string of the molecule is Cc1cc(NC(=O)c2ccc(I)c(O)c2)ncc1N. The van der Waals surface area contributed by atoms with Crippen LogP contribution in [0.2, 0.25) is 0 Å². The number of carbonyl (C=O) groups excluding carboxylic acids is 1. The molecule has 0 saturated carbocycles. The fourth-order valence-electron chi connectivity index (χ4n) is 1.48. The van der Waals surface area contributed by atoms with Crippen LogP contribution in [0.5, 0.6) is 5.75 Å². The van der Waals surface area contributed by atoms with Crippen molar-refractivity contribution in [1.82, 2.24) is 4.98 Å². The minimum atomic E-state index is -0.330. The number of aromatic nitrogens is 1. The molecule has 6 heteroatoms. The highest BCUT2D eigenvalue weighted by Gasteiger charge is 2.09. The quantitative estimate of drug-likeness (QED) is 0.710. The molecule has 0 fully saturated rings. The van der Waals surface area contributed by atoms with E-state index in [0.29, 0.717) is 20.6 Å². The smallest absolute Gasteiger partial charge is 0.256 e. The molecular weight excluding hydrogens is 357 g/mol. The number of rotatable bonds is 2. The van der Waals surface area contributed by atoms with Crippen molar-refractivity contribution < 1.29 is 9.90 Å². The highest BCUT2D eigenvalue weighted by molar-refractivity contribution is 14.1. The van der Waals surface area contributed by atoms with Gasteiger partial charge in [-0.1, -0.05) is 0 Å². The van der Waals surface area contributed by atoms with Crippen molar-refractivity contribution in [3.8, 4) is 5.75 Å². The average Bonchev–Trinajstić information content (AvgIpc) is 2.37. The number of nitrogens with zero attached hydrogens (tertiary/aromatic N) is 1. The van der Waals surface area contributed by atoms with E-state index in [9.17, 15) is 9.90 Å². The molecule has 0 radical (unpaired) electrons. The van der Waals surface area contributed by atoms with Crippen LogP contribution >= 0.6 is 22.6 Å². The number of pyridine rings is 1. The third kappa shape index (κ3) is 3.14. The molecule has 0 spiro atoms. The zero-order chi connectivity index (χ0) is 14.0. The number of phenolic OH excluding ortho intramolecular Hbond substituents is 1. The lowest BCUT2D eigenvalue weighted by molar-refractivity contribution is 0.102. The average molecular weight is 369 g/mol. The van der Waals surface area contributed by atoms with E-state index in [-0.39, 0.29) is 11.7 Å². The number of carbonyl (C=O) groups is 1. The highest BCUT2D eigenvalue weighted by Crippen LogP contribution is 2.21. The third-order valence-corrected chi connectivity index (χ3v) is 3.51. The van der Waals surface area contributed by atoms with E-state index < -0.39 is 0 Å². The molecule has 1 heterocycles. The molecule has 2 rings (SSSR count). The predicted molar refractivity (Wildman–Crippen MR) is 82.2 cm³/mol. The van der Waals surface area contributed by atoms with Crippen LogP contribution in [0.1, 0.15) is 15.9 Å². The fraction of sp³-hybridized carbons (Fsp3) is 0.0769. The Bertz CT molecular complexity index is 644. The van der Waals surface area contributed by atoms with Gasteiger partial charge in [0.05, 0.1) is 15.5 Å². The highest BCUT2D eigenvalue weighted by atomic mass is 127. The summed E-state index contributed by atoms with van der Waals surface area (Å²) < 4.78 is 0.690. The number of hydrogen-bond donors (Lipinski definition) is 3. The standard InChI is InChI=1S/C13H12IN3O2/c1-7-4-12(16-6-10(7)15)17-13(19)8-2-3-9(14)11(18)5-8/h2-6,18H,15H2,1H3,(H,16,17,19). The molecule has 0 aliphatic heterocycles. The zero-order valence-corrected chi connectivity index (χ0v) is 12.3. The Hall–Kier alpha value is -1.83. The number of anilines is 2. The van der Waals surface area contributed by atoms with E-state index >= 15 is 0 Å². The van der Waals surface area contributed by atoms with Gasteiger partial charge in [0.2, 0.25) is 0 Å². The molecule has 0 aliphatic rings. The van der Waals surface area contributed by atoms with Crippen LogP contribution < -0.4 is 11.1 Å². The Kier molecular flexibility index (Phi) is 3.89. The summed E-state index contributed by atoms with van der Waals surface area (Å²) in [5.74, 6) is 0.174. The number of hydrogen-bond acceptors (Lipinski definition) is 4. The molecule has 1 amide bonds. The van der Waals surface area contributed by atoms with Gasteiger partial charge in [-0.15, -0.1) is 0 Å². The Morgan fingerprint density at radius 3 is 2.79 bits per heavy atom. The third-order valence-electron chi connectivity index (χ3n) is 2.60. The van der Waals surface area contributed by atoms with Crippen LogP contribution in [0.25, 0.3) is 0 Å². The van der Waals surface area contributed by atoms with Gasteiger partial charge < -0.3 is 16.2 Å². The molecule has 0 unspecified atom stereocenters. The van der Waals surface area contributed by atoms with Crippen LogP contribution in [0.3, 0.4) is 0 Å². The minimum absolute atomic E-state index is 0.0784. The summed E-state index contributed by atoms with van der Waals surface area (Å²) in [6.07, 6.45) is 1.50.